The lowest BCUT2D eigenvalue weighted by atomic mass is 10.0. The molecule has 1 saturated carbocycles. The largest absolute Gasteiger partial charge is 0.401 e. The molecule has 4 rings (SSSR count). The summed E-state index contributed by atoms with van der Waals surface area (Å²) in [7, 11) is 0. The van der Waals surface area contributed by atoms with Gasteiger partial charge in [0.05, 0.1) is 0 Å². The van der Waals surface area contributed by atoms with E-state index >= 15 is 0 Å². The molecule has 2 amide bonds. The van der Waals surface area contributed by atoms with Gasteiger partial charge in [0, 0.05) is 24.1 Å². The highest BCUT2D eigenvalue weighted by molar-refractivity contribution is 5.99. The van der Waals surface area contributed by atoms with Crippen molar-refractivity contribution >= 4 is 17.5 Å². The average Bonchev–Trinajstić information content (AvgIpc) is 3.38. The number of carbonyl (C=O) groups excluding carboxylic acids is 1. The number of halogens is 3. The Balaban J connectivity index is 1.39. The van der Waals surface area contributed by atoms with Gasteiger partial charge < -0.3 is 9.84 Å². The van der Waals surface area contributed by atoms with Gasteiger partial charge in [-0.25, -0.2) is 4.79 Å². The first kappa shape index (κ1) is 18.0. The van der Waals surface area contributed by atoms with E-state index in [0.717, 1.165) is 17.2 Å². The van der Waals surface area contributed by atoms with Crippen LogP contribution in [0.1, 0.15) is 18.6 Å². The number of aromatic nitrogens is 2. The van der Waals surface area contributed by atoms with Crippen molar-refractivity contribution in [3.63, 3.8) is 0 Å². The van der Waals surface area contributed by atoms with Gasteiger partial charge in [-0.1, -0.05) is 23.4 Å². The summed E-state index contributed by atoms with van der Waals surface area (Å²) in [6.07, 6.45) is -1.08. The molecule has 0 bridgehead atoms. The molecule has 3 aromatic rings. The normalized spacial score (nSPS) is 15.1. The molecule has 0 unspecified atom stereocenters. The third kappa shape index (κ3) is 3.42. The Labute approximate surface area is 157 Å². The number of rotatable bonds is 4. The Hall–Kier alpha value is -3.36. The van der Waals surface area contributed by atoms with Crippen LogP contribution in [0.25, 0.3) is 11.1 Å². The standard InChI is InChI=1S/C19H15F3N4O2/c20-19(21,22)18(7-8-18)15-10-16(26-28-15)25-17(27)24-14-5-3-12(4-6-14)13-2-1-9-23-11-13/h1-6,9-11H,7-8H2,(H2,24,25,26,27). The lowest BCUT2D eigenvalue weighted by Gasteiger charge is -2.14. The Morgan fingerprint density at radius 3 is 2.43 bits per heavy atom. The Morgan fingerprint density at radius 1 is 1.07 bits per heavy atom. The van der Waals surface area contributed by atoms with E-state index in [1.807, 2.05) is 24.3 Å². The summed E-state index contributed by atoms with van der Waals surface area (Å²) < 4.78 is 44.1. The predicted octanol–water partition coefficient (Wildman–Crippen LogP) is 4.97. The molecule has 28 heavy (non-hydrogen) atoms. The van der Waals surface area contributed by atoms with Crippen molar-refractivity contribution in [3.05, 3.63) is 60.6 Å². The van der Waals surface area contributed by atoms with E-state index in [-0.39, 0.29) is 24.4 Å². The molecule has 2 N–H and O–H groups in total. The number of benzene rings is 1. The molecule has 2 aromatic heterocycles. The van der Waals surface area contributed by atoms with Crippen LogP contribution >= 0.6 is 0 Å². The molecule has 1 aromatic carbocycles. The second-order valence-electron chi connectivity index (χ2n) is 6.55. The van der Waals surface area contributed by atoms with Crippen LogP contribution in [0.2, 0.25) is 0 Å². The first-order chi connectivity index (χ1) is 13.4. The third-order valence-corrected chi connectivity index (χ3v) is 4.65. The predicted molar refractivity (Wildman–Crippen MR) is 95.8 cm³/mol. The summed E-state index contributed by atoms with van der Waals surface area (Å²) in [6, 6.07) is 11.3. The summed E-state index contributed by atoms with van der Waals surface area (Å²) in [5.74, 6) is -0.355. The number of hydrogen-bond acceptors (Lipinski definition) is 4. The van der Waals surface area contributed by atoms with Gasteiger partial charge in [-0.3, -0.25) is 10.3 Å². The fourth-order valence-electron chi connectivity index (χ4n) is 2.91. The van der Waals surface area contributed by atoms with Crippen LogP contribution in [0.4, 0.5) is 29.5 Å². The zero-order valence-corrected chi connectivity index (χ0v) is 14.5. The number of anilines is 2. The minimum atomic E-state index is -4.40. The zero-order valence-electron chi connectivity index (χ0n) is 14.5. The summed E-state index contributed by atoms with van der Waals surface area (Å²) in [4.78, 5) is 16.1. The molecule has 6 nitrogen and oxygen atoms in total. The van der Waals surface area contributed by atoms with E-state index in [4.69, 9.17) is 4.52 Å². The van der Waals surface area contributed by atoms with Crippen molar-refractivity contribution in [2.75, 3.05) is 10.6 Å². The molecular formula is C19H15F3N4O2. The molecule has 0 atom stereocenters. The Kier molecular flexibility index (Phi) is 4.29. The molecule has 0 radical (unpaired) electrons. The van der Waals surface area contributed by atoms with E-state index in [9.17, 15) is 18.0 Å². The highest BCUT2D eigenvalue weighted by Gasteiger charge is 2.66. The monoisotopic (exact) mass is 388 g/mol. The van der Waals surface area contributed by atoms with Crippen molar-refractivity contribution in [1.82, 2.24) is 10.1 Å². The molecule has 1 aliphatic carbocycles. The van der Waals surface area contributed by atoms with Crippen molar-refractivity contribution < 1.29 is 22.5 Å². The van der Waals surface area contributed by atoms with Gasteiger partial charge in [0.15, 0.2) is 11.6 Å². The summed E-state index contributed by atoms with van der Waals surface area (Å²) in [6.45, 7) is 0. The second kappa shape index (κ2) is 6.66. The van der Waals surface area contributed by atoms with E-state index in [0.29, 0.717) is 5.69 Å². The molecule has 2 heterocycles. The average molecular weight is 388 g/mol. The summed E-state index contributed by atoms with van der Waals surface area (Å²) >= 11 is 0. The minimum absolute atomic E-state index is 0.0411. The lowest BCUT2D eigenvalue weighted by Crippen LogP contribution is -2.28. The molecule has 1 aliphatic rings. The molecule has 9 heteroatoms. The number of carbonyl (C=O) groups is 1. The fraction of sp³-hybridized carbons (Fsp3) is 0.211. The highest BCUT2D eigenvalue weighted by atomic mass is 19.4. The number of urea groups is 1. The van der Waals surface area contributed by atoms with Crippen LogP contribution in [0.5, 0.6) is 0 Å². The van der Waals surface area contributed by atoms with E-state index in [2.05, 4.69) is 20.8 Å². The molecule has 144 valence electrons. The molecule has 0 aliphatic heterocycles. The Bertz CT molecular complexity index is 980. The number of hydrogen-bond donors (Lipinski definition) is 2. The maximum Gasteiger partial charge on any atom is 0.401 e. The first-order valence-electron chi connectivity index (χ1n) is 8.50. The maximum atomic E-state index is 13.1. The van der Waals surface area contributed by atoms with E-state index < -0.39 is 17.6 Å². The van der Waals surface area contributed by atoms with Crippen molar-refractivity contribution in [2.24, 2.45) is 0 Å². The molecular weight excluding hydrogens is 373 g/mol. The van der Waals surface area contributed by atoms with Gasteiger partial charge in [0.25, 0.3) is 0 Å². The highest BCUT2D eigenvalue weighted by Crippen LogP contribution is 2.59. The number of alkyl halides is 3. The lowest BCUT2D eigenvalue weighted by molar-refractivity contribution is -0.165. The van der Waals surface area contributed by atoms with Gasteiger partial charge in [0.1, 0.15) is 5.41 Å². The van der Waals surface area contributed by atoms with Crippen LogP contribution in [0.15, 0.2) is 59.4 Å². The number of amides is 2. The molecule has 1 fully saturated rings. The van der Waals surface area contributed by atoms with Crippen LogP contribution in [-0.2, 0) is 5.41 Å². The summed E-state index contributed by atoms with van der Waals surface area (Å²) in [5, 5.41) is 8.49. The number of nitrogens with zero attached hydrogens (tertiary/aromatic N) is 2. The van der Waals surface area contributed by atoms with E-state index in [1.54, 1.807) is 24.5 Å². The molecule has 0 saturated heterocycles. The smallest absolute Gasteiger partial charge is 0.358 e. The van der Waals surface area contributed by atoms with Crippen LogP contribution in [-0.4, -0.2) is 22.3 Å². The maximum absolute atomic E-state index is 13.1. The van der Waals surface area contributed by atoms with Gasteiger partial charge in [0.2, 0.25) is 0 Å². The second-order valence-corrected chi connectivity index (χ2v) is 6.55. The van der Waals surface area contributed by atoms with Crippen molar-refractivity contribution in [1.29, 1.82) is 0 Å². The van der Waals surface area contributed by atoms with Crippen molar-refractivity contribution in [3.8, 4) is 11.1 Å². The third-order valence-electron chi connectivity index (χ3n) is 4.65. The van der Waals surface area contributed by atoms with Gasteiger partial charge in [-0.15, -0.1) is 0 Å². The number of pyridine rings is 1. The minimum Gasteiger partial charge on any atom is -0.358 e. The summed E-state index contributed by atoms with van der Waals surface area (Å²) in [5.41, 5.74) is 0.413. The zero-order chi connectivity index (χ0) is 19.8. The quantitative estimate of drug-likeness (QED) is 0.661. The topological polar surface area (TPSA) is 80.0 Å². The number of nitrogens with one attached hydrogen (secondary N) is 2. The van der Waals surface area contributed by atoms with E-state index in [1.165, 1.54) is 0 Å². The first-order valence-corrected chi connectivity index (χ1v) is 8.50. The van der Waals surface area contributed by atoms with Gasteiger partial charge >= 0.3 is 12.2 Å². The van der Waals surface area contributed by atoms with Crippen LogP contribution in [0, 0.1) is 0 Å². The molecule has 0 spiro atoms. The van der Waals surface area contributed by atoms with Crippen LogP contribution < -0.4 is 10.6 Å². The fourth-order valence-corrected chi connectivity index (χ4v) is 2.91. The SMILES string of the molecule is O=C(Nc1ccc(-c2cccnc2)cc1)Nc1cc(C2(C(F)(F)F)CC2)on1. The van der Waals surface area contributed by atoms with Crippen LogP contribution in [0.3, 0.4) is 0 Å². The van der Waals surface area contributed by atoms with Gasteiger partial charge in [-0.2, -0.15) is 13.2 Å². The van der Waals surface area contributed by atoms with Gasteiger partial charge in [-0.05, 0) is 42.2 Å². The van der Waals surface area contributed by atoms with Crippen molar-refractivity contribution in [2.45, 2.75) is 24.4 Å². The Morgan fingerprint density at radius 2 is 1.82 bits per heavy atom.